The number of aliphatic hydroxyl groups excluding tert-OH is 1. The molecule has 1 aromatic carbocycles. The van der Waals surface area contributed by atoms with Gasteiger partial charge in [-0.25, -0.2) is 0 Å². The van der Waals surface area contributed by atoms with Gasteiger partial charge in [-0.15, -0.1) is 0 Å². The Kier molecular flexibility index (Phi) is 4.13. The van der Waals surface area contributed by atoms with Crippen LogP contribution in [0.5, 0.6) is 5.75 Å². The lowest BCUT2D eigenvalue weighted by Gasteiger charge is -2.46. The van der Waals surface area contributed by atoms with E-state index in [9.17, 15) is 5.11 Å². The molecule has 1 aliphatic rings. The normalized spacial score (nSPS) is 18.8. The number of hydrogen-bond acceptors (Lipinski definition) is 4. The van der Waals surface area contributed by atoms with E-state index in [-0.39, 0.29) is 18.1 Å². The van der Waals surface area contributed by atoms with Gasteiger partial charge in [0.2, 0.25) is 0 Å². The maximum absolute atomic E-state index is 9.72. The van der Waals surface area contributed by atoms with Crippen molar-refractivity contribution in [1.29, 1.82) is 0 Å². The third-order valence-electron chi connectivity index (χ3n) is 4.31. The van der Waals surface area contributed by atoms with Crippen LogP contribution in [-0.4, -0.2) is 39.1 Å². The SMILES string of the molecule is CNC(c1ccc(OC)c(C)c1C)C1(CO)COC1. The molecule has 19 heavy (non-hydrogen) atoms. The topological polar surface area (TPSA) is 50.7 Å². The summed E-state index contributed by atoms with van der Waals surface area (Å²) >= 11 is 0. The van der Waals surface area contributed by atoms with E-state index in [0.717, 1.165) is 11.3 Å². The zero-order valence-electron chi connectivity index (χ0n) is 12.1. The summed E-state index contributed by atoms with van der Waals surface area (Å²) in [7, 11) is 3.62. The molecular formula is C15H23NO3. The largest absolute Gasteiger partial charge is 0.496 e. The van der Waals surface area contributed by atoms with Gasteiger partial charge in [-0.3, -0.25) is 0 Å². The Hall–Kier alpha value is -1.10. The second kappa shape index (κ2) is 5.49. The fraction of sp³-hybridized carbons (Fsp3) is 0.600. The van der Waals surface area contributed by atoms with Crippen LogP contribution in [0.4, 0.5) is 0 Å². The number of ether oxygens (including phenoxy) is 2. The molecule has 2 rings (SSSR count). The Balaban J connectivity index is 2.42. The zero-order valence-corrected chi connectivity index (χ0v) is 12.1. The quantitative estimate of drug-likeness (QED) is 0.848. The smallest absolute Gasteiger partial charge is 0.122 e. The Labute approximate surface area is 114 Å². The van der Waals surface area contributed by atoms with E-state index < -0.39 is 0 Å². The highest BCUT2D eigenvalue weighted by Crippen LogP contribution is 2.42. The molecule has 2 N–H and O–H groups in total. The highest BCUT2D eigenvalue weighted by atomic mass is 16.5. The van der Waals surface area contributed by atoms with Crippen molar-refractivity contribution < 1.29 is 14.6 Å². The van der Waals surface area contributed by atoms with Gasteiger partial charge in [0.25, 0.3) is 0 Å². The lowest BCUT2D eigenvalue weighted by Crippen LogP contribution is -2.53. The standard InChI is InChI=1S/C15H23NO3/c1-10-11(2)13(18-4)6-5-12(10)14(16-3)15(7-17)8-19-9-15/h5-6,14,16-17H,7-9H2,1-4H3. The van der Waals surface area contributed by atoms with Crippen LogP contribution in [0.25, 0.3) is 0 Å². The van der Waals surface area contributed by atoms with Gasteiger partial charge < -0.3 is 19.9 Å². The third-order valence-corrected chi connectivity index (χ3v) is 4.31. The predicted molar refractivity (Wildman–Crippen MR) is 74.6 cm³/mol. The van der Waals surface area contributed by atoms with Crippen molar-refractivity contribution in [1.82, 2.24) is 5.32 Å². The van der Waals surface area contributed by atoms with Crippen LogP contribution in [0.1, 0.15) is 22.7 Å². The van der Waals surface area contributed by atoms with Crippen molar-refractivity contribution in [2.24, 2.45) is 5.41 Å². The van der Waals surface area contributed by atoms with Crippen LogP contribution in [0.15, 0.2) is 12.1 Å². The first-order valence-corrected chi connectivity index (χ1v) is 6.59. The minimum atomic E-state index is -0.208. The molecule has 0 amide bonds. The highest BCUT2D eigenvalue weighted by molar-refractivity contribution is 5.45. The number of rotatable bonds is 5. The maximum Gasteiger partial charge on any atom is 0.122 e. The summed E-state index contributed by atoms with van der Waals surface area (Å²) in [5.41, 5.74) is 3.35. The van der Waals surface area contributed by atoms with E-state index in [1.807, 2.05) is 13.1 Å². The summed E-state index contributed by atoms with van der Waals surface area (Å²) in [6.07, 6.45) is 0. The van der Waals surface area contributed by atoms with Crippen molar-refractivity contribution in [2.45, 2.75) is 19.9 Å². The maximum atomic E-state index is 9.72. The monoisotopic (exact) mass is 265 g/mol. The van der Waals surface area contributed by atoms with Crippen LogP contribution in [0, 0.1) is 19.3 Å². The Bertz CT molecular complexity index is 449. The Morgan fingerprint density at radius 1 is 1.37 bits per heavy atom. The van der Waals surface area contributed by atoms with Crippen molar-refractivity contribution in [2.75, 3.05) is 34.0 Å². The molecule has 0 spiro atoms. The molecule has 1 atom stereocenters. The molecular weight excluding hydrogens is 242 g/mol. The molecule has 1 aliphatic heterocycles. The number of nitrogens with one attached hydrogen (secondary N) is 1. The van der Waals surface area contributed by atoms with E-state index in [2.05, 4.69) is 25.2 Å². The first kappa shape index (κ1) is 14.3. The van der Waals surface area contributed by atoms with Crippen molar-refractivity contribution in [3.63, 3.8) is 0 Å². The summed E-state index contributed by atoms with van der Waals surface area (Å²) in [4.78, 5) is 0. The van der Waals surface area contributed by atoms with Gasteiger partial charge in [0.15, 0.2) is 0 Å². The average Bonchev–Trinajstić information content (AvgIpc) is 2.38. The summed E-state index contributed by atoms with van der Waals surface area (Å²) < 4.78 is 10.7. The lowest BCUT2D eigenvalue weighted by molar-refractivity contribution is -0.155. The molecule has 4 heteroatoms. The Morgan fingerprint density at radius 2 is 2.05 bits per heavy atom. The second-order valence-corrected chi connectivity index (χ2v) is 5.34. The molecule has 0 bridgehead atoms. The van der Waals surface area contributed by atoms with Crippen LogP contribution in [-0.2, 0) is 4.74 Å². The highest BCUT2D eigenvalue weighted by Gasteiger charge is 2.46. The van der Waals surface area contributed by atoms with E-state index >= 15 is 0 Å². The molecule has 1 fully saturated rings. The minimum absolute atomic E-state index is 0.0934. The molecule has 0 aromatic heterocycles. The predicted octanol–water partition coefficient (Wildman–Crippen LogP) is 1.58. The fourth-order valence-corrected chi connectivity index (χ4v) is 2.86. The van der Waals surface area contributed by atoms with E-state index in [1.54, 1.807) is 7.11 Å². The van der Waals surface area contributed by atoms with Gasteiger partial charge in [-0.2, -0.15) is 0 Å². The Morgan fingerprint density at radius 3 is 2.47 bits per heavy atom. The molecule has 0 saturated carbocycles. The first-order valence-electron chi connectivity index (χ1n) is 6.59. The zero-order chi connectivity index (χ0) is 14.0. The molecule has 1 heterocycles. The van der Waals surface area contributed by atoms with Crippen LogP contribution < -0.4 is 10.1 Å². The summed E-state index contributed by atoms with van der Waals surface area (Å²) in [5, 5.41) is 13.1. The molecule has 4 nitrogen and oxygen atoms in total. The summed E-state index contributed by atoms with van der Waals surface area (Å²) in [5.74, 6) is 0.902. The second-order valence-electron chi connectivity index (χ2n) is 5.34. The van der Waals surface area contributed by atoms with Crippen LogP contribution in [0.2, 0.25) is 0 Å². The first-order chi connectivity index (χ1) is 9.09. The number of benzene rings is 1. The molecule has 106 valence electrons. The number of aliphatic hydroxyl groups is 1. The van der Waals surface area contributed by atoms with Crippen LogP contribution >= 0.6 is 0 Å². The van der Waals surface area contributed by atoms with Crippen LogP contribution in [0.3, 0.4) is 0 Å². The van der Waals surface area contributed by atoms with Crippen molar-refractivity contribution in [3.05, 3.63) is 28.8 Å². The molecule has 1 aromatic rings. The molecule has 1 saturated heterocycles. The van der Waals surface area contributed by atoms with Crippen molar-refractivity contribution >= 4 is 0 Å². The van der Waals surface area contributed by atoms with Crippen molar-refractivity contribution in [3.8, 4) is 5.75 Å². The molecule has 1 unspecified atom stereocenters. The summed E-state index contributed by atoms with van der Waals surface area (Å²) in [6, 6.07) is 4.17. The summed E-state index contributed by atoms with van der Waals surface area (Å²) in [6.45, 7) is 5.48. The molecule has 0 radical (unpaired) electrons. The van der Waals surface area contributed by atoms with Gasteiger partial charge >= 0.3 is 0 Å². The van der Waals surface area contributed by atoms with Gasteiger partial charge in [-0.05, 0) is 43.7 Å². The van der Waals surface area contributed by atoms with Gasteiger partial charge in [0.05, 0.1) is 32.3 Å². The van der Waals surface area contributed by atoms with Gasteiger partial charge in [-0.1, -0.05) is 6.07 Å². The van der Waals surface area contributed by atoms with E-state index in [0.29, 0.717) is 13.2 Å². The van der Waals surface area contributed by atoms with E-state index in [4.69, 9.17) is 9.47 Å². The molecule has 0 aliphatic carbocycles. The average molecular weight is 265 g/mol. The van der Waals surface area contributed by atoms with Gasteiger partial charge in [0.1, 0.15) is 5.75 Å². The minimum Gasteiger partial charge on any atom is -0.496 e. The van der Waals surface area contributed by atoms with Gasteiger partial charge in [0, 0.05) is 6.04 Å². The number of hydrogen-bond donors (Lipinski definition) is 2. The van der Waals surface area contributed by atoms with E-state index in [1.165, 1.54) is 11.1 Å². The number of methoxy groups -OCH3 is 1. The fourth-order valence-electron chi connectivity index (χ4n) is 2.86. The lowest BCUT2D eigenvalue weighted by atomic mass is 9.74. The third kappa shape index (κ3) is 2.24.